The predicted octanol–water partition coefficient (Wildman–Crippen LogP) is 10.8. The van der Waals surface area contributed by atoms with Crippen LogP contribution in [0.25, 0.3) is 22.1 Å². The fraction of sp³-hybridized carbons (Fsp3) is 0.600. The highest BCUT2D eigenvalue weighted by Gasteiger charge is 2.59. The summed E-state index contributed by atoms with van der Waals surface area (Å²) < 4.78 is 23.2. The maximum Gasteiger partial charge on any atom is 0.344 e. The normalized spacial score (nSPS) is 30.6. The number of ether oxygens (including phenoxy) is 3. The smallest absolute Gasteiger partial charge is 0.344 e. The van der Waals surface area contributed by atoms with E-state index in [2.05, 4.69) is 40.7 Å². The zero-order chi connectivity index (χ0) is 35.9. The number of carbonyl (C=O) groups is 1. The molecule has 3 aromatic rings. The molecule has 0 aliphatic heterocycles. The standard InChI is InChI=1S/C45H58O6/c1-28(2)10-9-11-29(3)37-18-19-38-34-16-14-30-24-32(20-22-44(30,4)39(34)21-23-45(37,38)5)51-42(46)27-49-31-15-17-35-41(25-31)50-26-36(43(35)47)33-12-7-8-13-40(33)48-6/h7-8,12-15,17,25-26,28-29,32,34,37-39H,9-11,16,18-24,27H2,1-6H3/t29?,32?,34-,37?,38?,39-,44?,45?/m0/s1. The third-order valence-electron chi connectivity index (χ3n) is 14.1. The number of methoxy groups -OCH3 is 1. The van der Waals surface area contributed by atoms with E-state index in [4.69, 9.17) is 18.6 Å². The first-order valence-corrected chi connectivity index (χ1v) is 19.7. The molecule has 0 saturated heterocycles. The molecule has 0 radical (unpaired) electrons. The van der Waals surface area contributed by atoms with E-state index in [-0.39, 0.29) is 29.5 Å². The zero-order valence-corrected chi connectivity index (χ0v) is 31.7. The van der Waals surface area contributed by atoms with Gasteiger partial charge < -0.3 is 18.6 Å². The molecule has 2 aromatic carbocycles. The van der Waals surface area contributed by atoms with Crippen molar-refractivity contribution in [3.05, 3.63) is 70.6 Å². The van der Waals surface area contributed by atoms with Gasteiger partial charge in [0, 0.05) is 18.1 Å². The molecule has 6 nitrogen and oxygen atoms in total. The quantitative estimate of drug-likeness (QED) is 0.147. The van der Waals surface area contributed by atoms with Gasteiger partial charge in [-0.1, -0.05) is 83.7 Å². The molecule has 1 aromatic heterocycles. The topological polar surface area (TPSA) is 75.0 Å². The van der Waals surface area contributed by atoms with Gasteiger partial charge in [-0.15, -0.1) is 0 Å². The van der Waals surface area contributed by atoms with Crippen molar-refractivity contribution < 1.29 is 23.4 Å². The molecule has 0 N–H and O–H groups in total. The van der Waals surface area contributed by atoms with Crippen molar-refractivity contribution in [3.63, 3.8) is 0 Å². The minimum absolute atomic E-state index is 0.114. The monoisotopic (exact) mass is 694 g/mol. The van der Waals surface area contributed by atoms with Gasteiger partial charge in [-0.05, 0) is 109 Å². The van der Waals surface area contributed by atoms with Crippen LogP contribution in [0.3, 0.4) is 0 Å². The molecule has 4 aliphatic carbocycles. The van der Waals surface area contributed by atoms with Gasteiger partial charge in [-0.2, -0.15) is 0 Å². The Labute approximate surface area is 304 Å². The van der Waals surface area contributed by atoms with E-state index >= 15 is 0 Å². The summed E-state index contributed by atoms with van der Waals surface area (Å²) in [4.78, 5) is 26.3. The second-order valence-corrected chi connectivity index (χ2v) is 17.3. The van der Waals surface area contributed by atoms with E-state index < -0.39 is 0 Å². The number of rotatable bonds is 11. The van der Waals surface area contributed by atoms with Crippen LogP contribution in [0.4, 0.5) is 0 Å². The zero-order valence-electron chi connectivity index (χ0n) is 31.7. The first kappa shape index (κ1) is 35.8. The lowest BCUT2D eigenvalue weighted by Gasteiger charge is -2.58. The largest absolute Gasteiger partial charge is 0.496 e. The van der Waals surface area contributed by atoms with Gasteiger partial charge in [-0.25, -0.2) is 4.79 Å². The van der Waals surface area contributed by atoms with Gasteiger partial charge in [0.05, 0.1) is 18.1 Å². The summed E-state index contributed by atoms with van der Waals surface area (Å²) in [5.74, 6) is 5.57. The molecule has 3 fully saturated rings. The SMILES string of the molecule is COc1ccccc1-c1coc2cc(OCC(=O)OC3CCC4(C)C(=CC[C@H]5C6CCC(C(C)CCCC(C)C)C6(C)CC[C@@H]54)C3)ccc2c1=O. The number of hydrogen-bond acceptors (Lipinski definition) is 6. The van der Waals surface area contributed by atoms with E-state index in [0.29, 0.717) is 39.0 Å². The Morgan fingerprint density at radius 2 is 1.78 bits per heavy atom. The molecule has 4 aliphatic rings. The molecule has 51 heavy (non-hydrogen) atoms. The Morgan fingerprint density at radius 3 is 2.59 bits per heavy atom. The van der Waals surface area contributed by atoms with E-state index in [1.54, 1.807) is 25.3 Å². The van der Waals surface area contributed by atoms with Gasteiger partial charge in [0.15, 0.2) is 6.61 Å². The van der Waals surface area contributed by atoms with Crippen LogP contribution in [-0.2, 0) is 9.53 Å². The summed E-state index contributed by atoms with van der Waals surface area (Å²) in [5, 5.41) is 0.434. The van der Waals surface area contributed by atoms with E-state index in [9.17, 15) is 9.59 Å². The van der Waals surface area contributed by atoms with Gasteiger partial charge >= 0.3 is 5.97 Å². The number of para-hydroxylation sites is 1. The average Bonchev–Trinajstić information content (AvgIpc) is 3.48. The molecule has 274 valence electrons. The first-order chi connectivity index (χ1) is 24.5. The molecular formula is C45H58O6. The fourth-order valence-electron chi connectivity index (χ4n) is 11.4. The number of hydrogen-bond donors (Lipinski definition) is 0. The summed E-state index contributed by atoms with van der Waals surface area (Å²) >= 11 is 0. The molecule has 0 spiro atoms. The molecule has 6 unspecified atom stereocenters. The van der Waals surface area contributed by atoms with E-state index in [1.807, 2.05) is 24.3 Å². The van der Waals surface area contributed by atoms with Crippen molar-refractivity contribution in [2.45, 2.75) is 111 Å². The summed E-state index contributed by atoms with van der Waals surface area (Å²) in [6.45, 7) is 12.3. The summed E-state index contributed by atoms with van der Waals surface area (Å²) in [5.41, 5.74) is 3.56. The van der Waals surface area contributed by atoms with Crippen molar-refractivity contribution in [3.8, 4) is 22.6 Å². The molecule has 3 saturated carbocycles. The van der Waals surface area contributed by atoms with Crippen LogP contribution >= 0.6 is 0 Å². The van der Waals surface area contributed by atoms with Crippen molar-refractivity contribution >= 4 is 16.9 Å². The minimum Gasteiger partial charge on any atom is -0.496 e. The van der Waals surface area contributed by atoms with Crippen LogP contribution in [0.15, 0.2) is 69.6 Å². The van der Waals surface area contributed by atoms with E-state index in [0.717, 1.165) is 54.8 Å². The van der Waals surface area contributed by atoms with Gasteiger partial charge in [0.2, 0.25) is 5.43 Å². The average molecular weight is 695 g/mol. The van der Waals surface area contributed by atoms with Crippen molar-refractivity contribution in [1.82, 2.24) is 0 Å². The molecule has 0 amide bonds. The molecule has 1 heterocycles. The fourth-order valence-corrected chi connectivity index (χ4v) is 11.4. The van der Waals surface area contributed by atoms with Crippen molar-refractivity contribution in [2.24, 2.45) is 46.3 Å². The van der Waals surface area contributed by atoms with Crippen LogP contribution in [0.5, 0.6) is 11.5 Å². The van der Waals surface area contributed by atoms with Crippen LogP contribution in [0, 0.1) is 46.3 Å². The number of esters is 1. The van der Waals surface area contributed by atoms with Crippen LogP contribution in [-0.4, -0.2) is 25.8 Å². The Kier molecular flexibility index (Phi) is 10.2. The molecule has 7 rings (SSSR count). The Balaban J connectivity index is 0.950. The minimum atomic E-state index is -0.362. The van der Waals surface area contributed by atoms with Gasteiger partial charge in [0.1, 0.15) is 29.4 Å². The Bertz CT molecular complexity index is 1820. The molecule has 0 bridgehead atoms. The lowest BCUT2D eigenvalue weighted by Crippen LogP contribution is -2.51. The number of allylic oxidation sites excluding steroid dienone is 1. The first-order valence-electron chi connectivity index (χ1n) is 19.7. The molecular weight excluding hydrogens is 636 g/mol. The second-order valence-electron chi connectivity index (χ2n) is 17.3. The van der Waals surface area contributed by atoms with Gasteiger partial charge in [-0.3, -0.25) is 4.79 Å². The van der Waals surface area contributed by atoms with Crippen molar-refractivity contribution in [1.29, 1.82) is 0 Å². The third kappa shape index (κ3) is 6.77. The maximum atomic E-state index is 13.3. The third-order valence-corrected chi connectivity index (χ3v) is 14.1. The maximum absolute atomic E-state index is 13.3. The van der Waals surface area contributed by atoms with Crippen LogP contribution < -0.4 is 14.9 Å². The summed E-state index contributed by atoms with van der Waals surface area (Å²) in [7, 11) is 1.58. The highest BCUT2D eigenvalue weighted by Crippen LogP contribution is 2.67. The number of benzene rings is 2. The Hall–Kier alpha value is -3.54. The van der Waals surface area contributed by atoms with Crippen LogP contribution in [0.1, 0.15) is 105 Å². The molecule has 8 atom stereocenters. The van der Waals surface area contributed by atoms with Crippen molar-refractivity contribution in [2.75, 3.05) is 13.7 Å². The lowest BCUT2D eigenvalue weighted by molar-refractivity contribution is -0.153. The van der Waals surface area contributed by atoms with E-state index in [1.165, 1.54) is 63.2 Å². The van der Waals surface area contributed by atoms with Crippen LogP contribution in [0.2, 0.25) is 0 Å². The summed E-state index contributed by atoms with van der Waals surface area (Å²) in [6, 6.07) is 12.4. The lowest BCUT2D eigenvalue weighted by atomic mass is 9.47. The number of fused-ring (bicyclic) bond motifs is 6. The predicted molar refractivity (Wildman–Crippen MR) is 203 cm³/mol. The molecule has 6 heteroatoms. The number of carbonyl (C=O) groups excluding carboxylic acids is 1. The van der Waals surface area contributed by atoms with Gasteiger partial charge in [0.25, 0.3) is 0 Å². The second kappa shape index (κ2) is 14.5. The highest BCUT2D eigenvalue weighted by molar-refractivity contribution is 5.84. The Morgan fingerprint density at radius 1 is 0.961 bits per heavy atom. The highest BCUT2D eigenvalue weighted by atomic mass is 16.6. The summed E-state index contributed by atoms with van der Waals surface area (Å²) in [6.07, 6.45) is 17.6.